The predicted octanol–water partition coefficient (Wildman–Crippen LogP) is 11.9. The van der Waals surface area contributed by atoms with E-state index in [1.165, 1.54) is 37.9 Å². The zero-order chi connectivity index (χ0) is 32.3. The van der Waals surface area contributed by atoms with E-state index in [1.807, 2.05) is 60.7 Å². The number of rotatable bonds is 5. The highest BCUT2D eigenvalue weighted by Gasteiger charge is 2.19. The van der Waals surface area contributed by atoms with Gasteiger partial charge in [-0.2, -0.15) is 0 Å². The van der Waals surface area contributed by atoms with E-state index < -0.39 is 0 Å². The Hall–Kier alpha value is -6.65. The predicted molar refractivity (Wildman–Crippen MR) is 200 cm³/mol. The first kappa shape index (κ1) is 27.5. The average molecular weight is 626 g/mol. The number of aromatic nitrogens is 3. The first-order valence-corrected chi connectivity index (χ1v) is 16.4. The van der Waals surface area contributed by atoms with Crippen molar-refractivity contribution in [3.05, 3.63) is 164 Å². The summed E-state index contributed by atoms with van der Waals surface area (Å²) in [6.07, 6.45) is 0. The summed E-state index contributed by atoms with van der Waals surface area (Å²) in [5.74, 6) is 1.94. The summed E-state index contributed by atoms with van der Waals surface area (Å²) in [6, 6.07) is 56.9. The van der Waals surface area contributed by atoms with E-state index in [9.17, 15) is 0 Å². The summed E-state index contributed by atoms with van der Waals surface area (Å²) in [6.45, 7) is 0. The van der Waals surface area contributed by atoms with E-state index >= 15 is 0 Å². The number of benzene rings is 8. The van der Waals surface area contributed by atoms with Crippen LogP contribution in [-0.2, 0) is 0 Å². The maximum Gasteiger partial charge on any atom is 0.164 e. The smallest absolute Gasteiger partial charge is 0.164 e. The van der Waals surface area contributed by atoms with Crippen molar-refractivity contribution in [2.45, 2.75) is 0 Å². The Balaban J connectivity index is 1.15. The minimum absolute atomic E-state index is 0.639. The van der Waals surface area contributed by atoms with Crippen molar-refractivity contribution in [1.82, 2.24) is 15.0 Å². The van der Waals surface area contributed by atoms with Crippen LogP contribution in [0.3, 0.4) is 0 Å². The van der Waals surface area contributed by atoms with Gasteiger partial charge in [-0.25, -0.2) is 15.0 Å². The molecule has 10 aromatic rings. The van der Waals surface area contributed by atoms with Gasteiger partial charge < -0.3 is 4.42 Å². The van der Waals surface area contributed by atoms with Gasteiger partial charge in [0, 0.05) is 27.5 Å². The second-order valence-corrected chi connectivity index (χ2v) is 12.4. The van der Waals surface area contributed by atoms with Crippen LogP contribution in [0.2, 0.25) is 0 Å². The van der Waals surface area contributed by atoms with Crippen molar-refractivity contribution < 1.29 is 4.42 Å². The van der Waals surface area contributed by atoms with Gasteiger partial charge in [-0.05, 0) is 74.1 Å². The molecular formula is C45H27N3O. The summed E-state index contributed by atoms with van der Waals surface area (Å²) >= 11 is 0. The lowest BCUT2D eigenvalue weighted by atomic mass is 9.90. The topological polar surface area (TPSA) is 51.8 Å². The van der Waals surface area contributed by atoms with Crippen molar-refractivity contribution in [3.8, 4) is 56.4 Å². The van der Waals surface area contributed by atoms with Crippen LogP contribution in [0.1, 0.15) is 0 Å². The molecule has 0 bridgehead atoms. The van der Waals surface area contributed by atoms with Crippen molar-refractivity contribution in [2.24, 2.45) is 0 Å². The Labute approximate surface area is 282 Å². The molecule has 0 unspecified atom stereocenters. The molecule has 0 fully saturated rings. The molecule has 8 aromatic carbocycles. The third-order valence-corrected chi connectivity index (χ3v) is 9.46. The van der Waals surface area contributed by atoms with Gasteiger partial charge in [0.15, 0.2) is 17.5 Å². The Morgan fingerprint density at radius 2 is 0.816 bits per heavy atom. The van der Waals surface area contributed by atoms with Gasteiger partial charge in [-0.15, -0.1) is 0 Å². The SMILES string of the molecule is c1ccc(-c2cc3oc4cccc5c6cc(-c7cccc(-c8nc(-c9ccccc9)nc(-c9ccccc9)n8)c7)ccc6c(c2)c3c45)cc1. The first-order valence-electron chi connectivity index (χ1n) is 16.4. The van der Waals surface area contributed by atoms with E-state index in [4.69, 9.17) is 19.4 Å². The molecule has 2 aromatic heterocycles. The first-order chi connectivity index (χ1) is 24.3. The minimum Gasteiger partial charge on any atom is -0.456 e. The molecule has 0 N–H and O–H groups in total. The molecule has 49 heavy (non-hydrogen) atoms. The Morgan fingerprint density at radius 1 is 0.286 bits per heavy atom. The third-order valence-electron chi connectivity index (χ3n) is 9.46. The van der Waals surface area contributed by atoms with Crippen molar-refractivity contribution >= 4 is 43.5 Å². The van der Waals surface area contributed by atoms with Gasteiger partial charge in [0.25, 0.3) is 0 Å². The highest BCUT2D eigenvalue weighted by atomic mass is 16.3. The molecule has 0 aliphatic carbocycles. The molecule has 2 heterocycles. The van der Waals surface area contributed by atoms with Crippen molar-refractivity contribution in [3.63, 3.8) is 0 Å². The van der Waals surface area contributed by atoms with E-state index in [1.54, 1.807) is 0 Å². The summed E-state index contributed by atoms with van der Waals surface area (Å²) in [5.41, 5.74) is 9.21. The molecule has 0 aliphatic rings. The molecular weight excluding hydrogens is 599 g/mol. The third kappa shape index (κ3) is 4.57. The summed E-state index contributed by atoms with van der Waals surface area (Å²) in [4.78, 5) is 14.8. The highest BCUT2D eigenvalue weighted by Crippen LogP contribution is 2.45. The zero-order valence-corrected chi connectivity index (χ0v) is 26.3. The minimum atomic E-state index is 0.639. The molecule has 0 amide bonds. The van der Waals surface area contributed by atoms with Gasteiger partial charge in [0.2, 0.25) is 0 Å². The quantitative estimate of drug-likeness (QED) is 0.179. The lowest BCUT2D eigenvalue weighted by Gasteiger charge is -2.12. The van der Waals surface area contributed by atoms with Gasteiger partial charge >= 0.3 is 0 Å². The highest BCUT2D eigenvalue weighted by molar-refractivity contribution is 6.33. The summed E-state index contributed by atoms with van der Waals surface area (Å²) in [5, 5.41) is 7.18. The maximum absolute atomic E-state index is 6.49. The summed E-state index contributed by atoms with van der Waals surface area (Å²) < 4.78 is 6.49. The maximum atomic E-state index is 6.49. The number of hydrogen-bond donors (Lipinski definition) is 0. The van der Waals surface area contributed by atoms with Gasteiger partial charge in [-0.1, -0.05) is 133 Å². The molecule has 0 spiro atoms. The fourth-order valence-electron chi connectivity index (χ4n) is 7.14. The fourth-order valence-corrected chi connectivity index (χ4v) is 7.14. The molecule has 0 aliphatic heterocycles. The molecule has 0 radical (unpaired) electrons. The van der Waals surface area contributed by atoms with Crippen LogP contribution >= 0.6 is 0 Å². The van der Waals surface area contributed by atoms with Crippen LogP contribution in [0.15, 0.2) is 168 Å². The van der Waals surface area contributed by atoms with E-state index in [2.05, 4.69) is 103 Å². The van der Waals surface area contributed by atoms with E-state index in [0.717, 1.165) is 44.5 Å². The van der Waals surface area contributed by atoms with Crippen molar-refractivity contribution in [1.29, 1.82) is 0 Å². The van der Waals surface area contributed by atoms with Crippen LogP contribution in [0, 0.1) is 0 Å². The molecule has 0 saturated carbocycles. The Morgan fingerprint density at radius 3 is 1.51 bits per heavy atom. The number of fused-ring (bicyclic) bond motifs is 3. The lowest BCUT2D eigenvalue weighted by molar-refractivity contribution is 0.669. The normalized spacial score (nSPS) is 11.7. The number of furan rings is 1. The van der Waals surface area contributed by atoms with E-state index in [-0.39, 0.29) is 0 Å². The summed E-state index contributed by atoms with van der Waals surface area (Å²) in [7, 11) is 0. The molecule has 4 heteroatoms. The van der Waals surface area contributed by atoms with E-state index in [0.29, 0.717) is 17.5 Å². The largest absolute Gasteiger partial charge is 0.456 e. The molecule has 4 nitrogen and oxygen atoms in total. The number of nitrogens with zero attached hydrogens (tertiary/aromatic N) is 3. The second-order valence-electron chi connectivity index (χ2n) is 12.4. The second kappa shape index (κ2) is 11.0. The van der Waals surface area contributed by atoms with Crippen LogP contribution in [0.5, 0.6) is 0 Å². The number of hydrogen-bond acceptors (Lipinski definition) is 4. The monoisotopic (exact) mass is 625 g/mol. The van der Waals surface area contributed by atoms with Crippen LogP contribution in [-0.4, -0.2) is 15.0 Å². The molecule has 0 saturated heterocycles. The van der Waals surface area contributed by atoms with Gasteiger partial charge in [-0.3, -0.25) is 0 Å². The lowest BCUT2D eigenvalue weighted by Crippen LogP contribution is -2.00. The molecule has 0 atom stereocenters. The van der Waals surface area contributed by atoms with Crippen molar-refractivity contribution in [2.75, 3.05) is 0 Å². The van der Waals surface area contributed by atoms with Crippen LogP contribution in [0.25, 0.3) is 99.9 Å². The van der Waals surface area contributed by atoms with Crippen LogP contribution in [0.4, 0.5) is 0 Å². The Bertz CT molecular complexity index is 2750. The molecule has 228 valence electrons. The fraction of sp³-hybridized carbons (Fsp3) is 0. The average Bonchev–Trinajstić information content (AvgIpc) is 3.57. The Kier molecular flexibility index (Phi) is 6.15. The molecule has 10 rings (SSSR count). The standard InChI is InChI=1S/C45H27N3O/c1-4-12-28(13-5-1)34-26-38-35-23-22-32(25-37(35)36-20-11-21-39-41(36)42(38)40(27-34)49-39)31-18-10-19-33(24-31)45-47-43(29-14-6-2-7-15-29)46-44(48-45)30-16-8-3-9-17-30/h1-27H. The van der Waals surface area contributed by atoms with Crippen LogP contribution < -0.4 is 0 Å². The zero-order valence-electron chi connectivity index (χ0n) is 26.3. The van der Waals surface area contributed by atoms with Gasteiger partial charge in [0.05, 0.1) is 0 Å². The van der Waals surface area contributed by atoms with Gasteiger partial charge in [0.1, 0.15) is 11.2 Å².